The SMILES string of the molecule is Cc1cc(F)cc(C(=O)NCCCCCCC(=O)O)c1[N+](=O)[O-]. The summed E-state index contributed by atoms with van der Waals surface area (Å²) >= 11 is 0. The Kier molecular flexibility index (Phi) is 7.11. The van der Waals surface area contributed by atoms with Crippen molar-refractivity contribution >= 4 is 17.6 Å². The Morgan fingerprint density at radius 1 is 1.26 bits per heavy atom. The lowest BCUT2D eigenvalue weighted by Crippen LogP contribution is -2.25. The molecule has 23 heavy (non-hydrogen) atoms. The maximum absolute atomic E-state index is 13.4. The third-order valence-corrected chi connectivity index (χ3v) is 3.30. The first-order chi connectivity index (χ1) is 10.8. The van der Waals surface area contributed by atoms with Crippen LogP contribution in [0.2, 0.25) is 0 Å². The number of hydrogen-bond acceptors (Lipinski definition) is 4. The number of hydrogen-bond donors (Lipinski definition) is 2. The summed E-state index contributed by atoms with van der Waals surface area (Å²) in [5, 5.41) is 22.0. The topological polar surface area (TPSA) is 110 Å². The van der Waals surface area contributed by atoms with Crippen molar-refractivity contribution in [3.8, 4) is 0 Å². The second-order valence-electron chi connectivity index (χ2n) is 5.19. The Labute approximate surface area is 132 Å². The molecule has 2 N–H and O–H groups in total. The standard InChI is InChI=1S/C15H19FN2O5/c1-10-8-11(16)9-12(14(10)18(22)23)15(21)17-7-5-3-2-4-6-13(19)20/h8-9H,2-7H2,1H3,(H,17,21)(H,19,20). The molecule has 0 aliphatic rings. The van der Waals surface area contributed by atoms with Gasteiger partial charge >= 0.3 is 5.97 Å². The van der Waals surface area contributed by atoms with Crippen LogP contribution in [-0.4, -0.2) is 28.5 Å². The van der Waals surface area contributed by atoms with Crippen molar-refractivity contribution < 1.29 is 24.0 Å². The molecule has 0 spiro atoms. The van der Waals surface area contributed by atoms with Crippen LogP contribution in [0.5, 0.6) is 0 Å². The third-order valence-electron chi connectivity index (χ3n) is 3.30. The number of aryl methyl sites for hydroxylation is 1. The molecule has 1 rings (SSSR count). The maximum atomic E-state index is 13.4. The van der Waals surface area contributed by atoms with E-state index in [9.17, 15) is 24.1 Å². The number of carboxylic acid groups (broad SMARTS) is 1. The number of nitro groups is 1. The minimum atomic E-state index is -0.841. The number of benzene rings is 1. The average Bonchev–Trinajstić information content (AvgIpc) is 2.44. The van der Waals surface area contributed by atoms with E-state index >= 15 is 0 Å². The van der Waals surface area contributed by atoms with Crippen molar-refractivity contribution in [2.24, 2.45) is 0 Å². The minimum absolute atomic E-state index is 0.0915. The lowest BCUT2D eigenvalue weighted by molar-refractivity contribution is -0.385. The molecular weight excluding hydrogens is 307 g/mol. The van der Waals surface area contributed by atoms with Crippen molar-refractivity contribution in [3.63, 3.8) is 0 Å². The molecule has 0 saturated carbocycles. The molecular formula is C15H19FN2O5. The first-order valence-corrected chi connectivity index (χ1v) is 7.27. The number of carboxylic acids is 1. The molecule has 1 amide bonds. The van der Waals surface area contributed by atoms with Crippen LogP contribution < -0.4 is 5.32 Å². The van der Waals surface area contributed by atoms with E-state index in [1.54, 1.807) is 0 Å². The Hall–Kier alpha value is -2.51. The summed E-state index contributed by atoms with van der Waals surface area (Å²) in [5.41, 5.74) is -0.599. The zero-order chi connectivity index (χ0) is 17.4. The fraction of sp³-hybridized carbons (Fsp3) is 0.467. The van der Waals surface area contributed by atoms with Crippen LogP contribution in [0.25, 0.3) is 0 Å². The van der Waals surface area contributed by atoms with E-state index in [-0.39, 0.29) is 17.5 Å². The quantitative estimate of drug-likeness (QED) is 0.412. The van der Waals surface area contributed by atoms with Gasteiger partial charge in [-0.15, -0.1) is 0 Å². The molecule has 0 fully saturated rings. The van der Waals surface area contributed by atoms with Gasteiger partial charge in [0.2, 0.25) is 0 Å². The predicted molar refractivity (Wildman–Crippen MR) is 80.8 cm³/mol. The van der Waals surface area contributed by atoms with Gasteiger partial charge in [-0.2, -0.15) is 0 Å². The van der Waals surface area contributed by atoms with Crippen molar-refractivity contribution in [2.75, 3.05) is 6.54 Å². The zero-order valence-electron chi connectivity index (χ0n) is 12.8. The van der Waals surface area contributed by atoms with Gasteiger partial charge in [-0.3, -0.25) is 19.7 Å². The number of unbranched alkanes of at least 4 members (excludes halogenated alkanes) is 3. The summed E-state index contributed by atoms with van der Waals surface area (Å²) < 4.78 is 13.4. The molecule has 126 valence electrons. The highest BCUT2D eigenvalue weighted by Gasteiger charge is 2.23. The molecule has 7 nitrogen and oxygen atoms in total. The van der Waals surface area contributed by atoms with Crippen molar-refractivity contribution in [1.29, 1.82) is 0 Å². The first-order valence-electron chi connectivity index (χ1n) is 7.27. The Balaban J connectivity index is 2.52. The van der Waals surface area contributed by atoms with Crippen molar-refractivity contribution in [1.82, 2.24) is 5.32 Å². The smallest absolute Gasteiger partial charge is 0.303 e. The third kappa shape index (κ3) is 6.01. The predicted octanol–water partition coefficient (Wildman–Crippen LogP) is 2.81. The molecule has 1 aromatic rings. The first kappa shape index (κ1) is 18.5. The van der Waals surface area contributed by atoms with Gasteiger partial charge in [0.1, 0.15) is 11.4 Å². The fourth-order valence-electron chi connectivity index (χ4n) is 2.20. The molecule has 0 aliphatic carbocycles. The fourth-order valence-corrected chi connectivity index (χ4v) is 2.20. The van der Waals surface area contributed by atoms with Crippen LogP contribution in [0, 0.1) is 22.9 Å². The van der Waals surface area contributed by atoms with Crippen LogP contribution in [0.3, 0.4) is 0 Å². The molecule has 0 atom stereocenters. The Bertz CT molecular complexity index is 604. The Morgan fingerprint density at radius 3 is 2.52 bits per heavy atom. The number of nitrogens with zero attached hydrogens (tertiary/aromatic N) is 1. The van der Waals surface area contributed by atoms with E-state index in [0.29, 0.717) is 19.4 Å². The van der Waals surface area contributed by atoms with Crippen LogP contribution in [0.15, 0.2) is 12.1 Å². The van der Waals surface area contributed by atoms with Gasteiger partial charge in [0.05, 0.1) is 4.92 Å². The van der Waals surface area contributed by atoms with Crippen LogP contribution in [-0.2, 0) is 4.79 Å². The summed E-state index contributed by atoms with van der Waals surface area (Å²) in [6.07, 6.45) is 2.76. The van der Waals surface area contributed by atoms with Crippen LogP contribution >= 0.6 is 0 Å². The van der Waals surface area contributed by atoms with Crippen LogP contribution in [0.1, 0.15) is 48.0 Å². The molecule has 0 saturated heterocycles. The van der Waals surface area contributed by atoms with Gasteiger partial charge in [0, 0.05) is 18.5 Å². The number of nitro benzene ring substituents is 1. The van der Waals surface area contributed by atoms with Gasteiger partial charge < -0.3 is 10.4 Å². The second-order valence-corrected chi connectivity index (χ2v) is 5.19. The second kappa shape index (κ2) is 8.82. The molecule has 0 heterocycles. The van der Waals surface area contributed by atoms with Gasteiger partial charge in [-0.25, -0.2) is 4.39 Å². The number of rotatable bonds is 9. The molecule has 0 aliphatic heterocycles. The van der Waals surface area contributed by atoms with Gasteiger partial charge in [0.25, 0.3) is 11.6 Å². The zero-order valence-corrected chi connectivity index (χ0v) is 12.8. The molecule has 0 radical (unpaired) electrons. The normalized spacial score (nSPS) is 10.3. The van der Waals surface area contributed by atoms with Gasteiger partial charge in [-0.1, -0.05) is 12.8 Å². The monoisotopic (exact) mass is 326 g/mol. The summed E-state index contributed by atoms with van der Waals surface area (Å²) in [4.78, 5) is 32.6. The van der Waals surface area contributed by atoms with E-state index in [0.717, 1.165) is 25.0 Å². The van der Waals surface area contributed by atoms with Crippen molar-refractivity contribution in [3.05, 3.63) is 39.2 Å². The lowest BCUT2D eigenvalue weighted by atomic mass is 10.1. The molecule has 0 bridgehead atoms. The number of amides is 1. The number of halogens is 1. The highest BCUT2D eigenvalue weighted by atomic mass is 19.1. The molecule has 0 aromatic heterocycles. The highest BCUT2D eigenvalue weighted by Crippen LogP contribution is 2.24. The van der Waals surface area contributed by atoms with E-state index in [4.69, 9.17) is 5.11 Å². The van der Waals surface area contributed by atoms with E-state index in [1.165, 1.54) is 6.92 Å². The van der Waals surface area contributed by atoms with E-state index in [1.807, 2.05) is 0 Å². The van der Waals surface area contributed by atoms with Crippen molar-refractivity contribution in [2.45, 2.75) is 39.0 Å². The summed E-state index contributed by atoms with van der Waals surface area (Å²) in [7, 11) is 0. The lowest BCUT2D eigenvalue weighted by Gasteiger charge is -2.07. The number of nitrogens with one attached hydrogen (secondary N) is 1. The molecule has 0 unspecified atom stereocenters. The minimum Gasteiger partial charge on any atom is -0.481 e. The maximum Gasteiger partial charge on any atom is 0.303 e. The average molecular weight is 326 g/mol. The number of aliphatic carboxylic acids is 1. The van der Waals surface area contributed by atoms with Gasteiger partial charge in [0.15, 0.2) is 0 Å². The number of carbonyl (C=O) groups is 2. The summed E-state index contributed by atoms with van der Waals surface area (Å²) in [5.74, 6) is -2.23. The number of carbonyl (C=O) groups excluding carboxylic acids is 1. The highest BCUT2D eigenvalue weighted by molar-refractivity contribution is 5.98. The van der Waals surface area contributed by atoms with Gasteiger partial charge in [-0.05, 0) is 31.9 Å². The molecule has 8 heteroatoms. The van der Waals surface area contributed by atoms with E-state index in [2.05, 4.69) is 5.32 Å². The van der Waals surface area contributed by atoms with Crippen LogP contribution in [0.4, 0.5) is 10.1 Å². The molecule has 1 aromatic carbocycles. The largest absolute Gasteiger partial charge is 0.481 e. The van der Waals surface area contributed by atoms with E-state index < -0.39 is 28.3 Å². The summed E-state index contributed by atoms with van der Waals surface area (Å²) in [6.45, 7) is 1.67. The Morgan fingerprint density at radius 2 is 1.91 bits per heavy atom. The summed E-state index contributed by atoms with van der Waals surface area (Å²) in [6, 6.07) is 1.87.